The van der Waals surface area contributed by atoms with Gasteiger partial charge in [-0.15, -0.1) is 17.5 Å². The Morgan fingerprint density at radius 3 is 2.83 bits per heavy atom. The van der Waals surface area contributed by atoms with E-state index >= 15 is 0 Å². The quantitative estimate of drug-likeness (QED) is 0.655. The van der Waals surface area contributed by atoms with E-state index in [2.05, 4.69) is 25.7 Å². The Morgan fingerprint density at radius 1 is 1.44 bits per heavy atom. The highest BCUT2D eigenvalue weighted by Crippen LogP contribution is 2.13. The first kappa shape index (κ1) is 13.7. The van der Waals surface area contributed by atoms with Crippen molar-refractivity contribution in [2.75, 3.05) is 11.1 Å². The maximum absolute atomic E-state index is 10.5. The number of rotatable bonds is 3. The van der Waals surface area contributed by atoms with Crippen LogP contribution in [0.1, 0.15) is 11.4 Å². The van der Waals surface area contributed by atoms with Gasteiger partial charge in [0, 0.05) is 12.1 Å². The molecule has 5 N–H and O–H groups in total. The number of H-pyrrole nitrogens is 1. The van der Waals surface area contributed by atoms with E-state index in [0.29, 0.717) is 17.8 Å². The maximum Gasteiger partial charge on any atom is 0.410 e. The number of hydrogen-bond acceptors (Lipinski definition) is 5. The van der Waals surface area contributed by atoms with Crippen molar-refractivity contribution in [2.45, 2.75) is 6.42 Å². The van der Waals surface area contributed by atoms with Gasteiger partial charge in [0.15, 0.2) is 5.82 Å². The summed E-state index contributed by atoms with van der Waals surface area (Å²) in [6.07, 6.45) is 0.706. The average molecular weight is 271 g/mol. The highest BCUT2D eigenvalue weighted by Gasteiger charge is 2.11. The number of carboxylic acid groups (broad SMARTS) is 1. The van der Waals surface area contributed by atoms with Crippen LogP contribution < -0.4 is 11.1 Å². The summed E-state index contributed by atoms with van der Waals surface area (Å²) >= 11 is 0. The van der Waals surface area contributed by atoms with Crippen LogP contribution in [0.4, 0.5) is 16.3 Å². The summed E-state index contributed by atoms with van der Waals surface area (Å²) in [5.41, 5.74) is 7.28. The molecule has 9 heteroatoms. The fraction of sp³-hybridized carbons (Fsp3) is 0.111. The van der Waals surface area contributed by atoms with E-state index in [4.69, 9.17) is 10.8 Å². The zero-order valence-electron chi connectivity index (χ0n) is 9.12. The lowest BCUT2D eigenvalue weighted by atomic mass is 10.2. The molecule has 8 nitrogen and oxygen atoms in total. The van der Waals surface area contributed by atoms with Gasteiger partial charge in [0.2, 0.25) is 0 Å². The average Bonchev–Trinajstić information content (AvgIpc) is 2.68. The van der Waals surface area contributed by atoms with Gasteiger partial charge in [0.1, 0.15) is 5.69 Å². The zero-order valence-corrected chi connectivity index (χ0v) is 9.94. The number of nitrogens with two attached hydrogens (primary N) is 1. The number of nitrogens with zero attached hydrogens (tertiary/aromatic N) is 3. The van der Waals surface area contributed by atoms with E-state index < -0.39 is 6.09 Å². The minimum Gasteiger partial charge on any atom is -0.465 e. The highest BCUT2D eigenvalue weighted by atomic mass is 35.5. The van der Waals surface area contributed by atoms with E-state index in [0.717, 1.165) is 5.69 Å². The molecular formula is C9H11ClN6O2. The third-order valence-corrected chi connectivity index (χ3v) is 2.04. The largest absolute Gasteiger partial charge is 0.465 e. The van der Waals surface area contributed by atoms with Crippen molar-refractivity contribution in [3.63, 3.8) is 0 Å². The van der Waals surface area contributed by atoms with Crippen molar-refractivity contribution in [3.05, 3.63) is 29.7 Å². The normalized spacial score (nSPS) is 9.56. The molecule has 0 spiro atoms. The minimum atomic E-state index is -1.19. The third kappa shape index (κ3) is 3.32. The van der Waals surface area contributed by atoms with Crippen LogP contribution in [0.25, 0.3) is 0 Å². The molecule has 0 aliphatic rings. The van der Waals surface area contributed by atoms with E-state index in [1.54, 1.807) is 12.1 Å². The van der Waals surface area contributed by atoms with Gasteiger partial charge in [0.05, 0.1) is 11.9 Å². The van der Waals surface area contributed by atoms with Gasteiger partial charge < -0.3 is 10.8 Å². The van der Waals surface area contributed by atoms with Crippen LogP contribution in [0.3, 0.4) is 0 Å². The second-order valence-corrected chi connectivity index (χ2v) is 3.31. The molecule has 0 fully saturated rings. The molecule has 2 aromatic heterocycles. The molecule has 0 unspecified atom stereocenters. The lowest BCUT2D eigenvalue weighted by molar-refractivity contribution is 0.209. The smallest absolute Gasteiger partial charge is 0.410 e. The zero-order chi connectivity index (χ0) is 12.3. The van der Waals surface area contributed by atoms with E-state index in [1.807, 2.05) is 0 Å². The lowest BCUT2D eigenvalue weighted by Crippen LogP contribution is -2.09. The molecule has 0 radical (unpaired) electrons. The fourth-order valence-corrected chi connectivity index (χ4v) is 1.29. The SMILES string of the molecule is Cl.Nc1ccc(Cc2n[nH]nc2NC(=O)O)nc1. The van der Waals surface area contributed by atoms with Gasteiger partial charge in [-0.05, 0) is 12.1 Å². The van der Waals surface area contributed by atoms with Crippen molar-refractivity contribution in [3.8, 4) is 0 Å². The number of nitrogens with one attached hydrogen (secondary N) is 2. The molecule has 96 valence electrons. The van der Waals surface area contributed by atoms with Crippen LogP contribution in [-0.2, 0) is 6.42 Å². The van der Waals surface area contributed by atoms with Gasteiger partial charge in [-0.2, -0.15) is 10.3 Å². The van der Waals surface area contributed by atoms with E-state index in [-0.39, 0.29) is 18.2 Å². The predicted molar refractivity (Wildman–Crippen MR) is 66.7 cm³/mol. The molecule has 18 heavy (non-hydrogen) atoms. The van der Waals surface area contributed by atoms with Crippen LogP contribution in [-0.4, -0.2) is 31.6 Å². The molecule has 2 heterocycles. The molecular weight excluding hydrogens is 260 g/mol. The molecule has 0 aromatic carbocycles. The van der Waals surface area contributed by atoms with Crippen LogP contribution in [0.5, 0.6) is 0 Å². The van der Waals surface area contributed by atoms with Crippen molar-refractivity contribution in [1.29, 1.82) is 0 Å². The summed E-state index contributed by atoms with van der Waals surface area (Å²) in [5.74, 6) is 0.177. The molecule has 0 atom stereocenters. The molecule has 1 amide bonds. The van der Waals surface area contributed by atoms with Gasteiger partial charge in [-0.1, -0.05) is 0 Å². The first-order valence-corrected chi connectivity index (χ1v) is 4.75. The molecule has 0 saturated heterocycles. The number of aromatic nitrogens is 4. The molecule has 2 aromatic rings. The number of aromatic amines is 1. The molecule has 0 bridgehead atoms. The number of anilines is 2. The standard InChI is InChI=1S/C9H10N6O2.ClH/c10-5-1-2-6(11-4-5)3-7-8(12-9(16)17)14-15-13-7;/h1-2,4H,3,10H2,(H,16,17)(H2,12,13,14,15);1H. The van der Waals surface area contributed by atoms with Gasteiger partial charge in [-0.3, -0.25) is 10.3 Å². The minimum absolute atomic E-state index is 0. The van der Waals surface area contributed by atoms with Crippen molar-refractivity contribution in [1.82, 2.24) is 20.4 Å². The van der Waals surface area contributed by atoms with E-state index in [9.17, 15) is 4.79 Å². The Morgan fingerprint density at radius 2 is 2.22 bits per heavy atom. The first-order chi connectivity index (χ1) is 8.15. The Balaban J connectivity index is 0.00000162. The molecule has 0 saturated carbocycles. The monoisotopic (exact) mass is 270 g/mol. The number of halogens is 1. The van der Waals surface area contributed by atoms with Crippen LogP contribution in [0, 0.1) is 0 Å². The van der Waals surface area contributed by atoms with Gasteiger partial charge >= 0.3 is 6.09 Å². The topological polar surface area (TPSA) is 130 Å². The predicted octanol–water partition coefficient (Wildman–Crippen LogP) is 0.884. The summed E-state index contributed by atoms with van der Waals surface area (Å²) < 4.78 is 0. The number of pyridine rings is 1. The molecule has 2 rings (SSSR count). The number of amides is 1. The second kappa shape index (κ2) is 5.82. The van der Waals surface area contributed by atoms with Crippen molar-refractivity contribution in [2.24, 2.45) is 0 Å². The lowest BCUT2D eigenvalue weighted by Gasteiger charge is -2.00. The van der Waals surface area contributed by atoms with E-state index in [1.165, 1.54) is 6.20 Å². The first-order valence-electron chi connectivity index (χ1n) is 4.75. The van der Waals surface area contributed by atoms with Gasteiger partial charge in [-0.25, -0.2) is 4.79 Å². The summed E-state index contributed by atoms with van der Waals surface area (Å²) in [4.78, 5) is 14.6. The fourth-order valence-electron chi connectivity index (χ4n) is 1.29. The molecule has 0 aliphatic carbocycles. The van der Waals surface area contributed by atoms with Crippen LogP contribution in [0.15, 0.2) is 18.3 Å². The van der Waals surface area contributed by atoms with Crippen LogP contribution >= 0.6 is 12.4 Å². The Bertz CT molecular complexity index is 526. The summed E-state index contributed by atoms with van der Waals surface area (Å²) in [6.45, 7) is 0. The van der Waals surface area contributed by atoms with Crippen LogP contribution in [0.2, 0.25) is 0 Å². The van der Waals surface area contributed by atoms with Crippen molar-refractivity contribution >= 4 is 30.0 Å². The summed E-state index contributed by atoms with van der Waals surface area (Å²) in [6, 6.07) is 3.46. The molecule has 0 aliphatic heterocycles. The Labute approximate surface area is 108 Å². The summed E-state index contributed by atoms with van der Waals surface area (Å²) in [5, 5.41) is 20.6. The Kier molecular flexibility index (Phi) is 4.44. The Hall–Kier alpha value is -2.35. The highest BCUT2D eigenvalue weighted by molar-refractivity contribution is 5.85. The van der Waals surface area contributed by atoms with Gasteiger partial charge in [0.25, 0.3) is 0 Å². The maximum atomic E-state index is 10.5. The summed E-state index contributed by atoms with van der Waals surface area (Å²) in [7, 11) is 0. The van der Waals surface area contributed by atoms with Crippen molar-refractivity contribution < 1.29 is 9.90 Å². The number of nitrogen functional groups attached to an aromatic ring is 1. The number of hydrogen-bond donors (Lipinski definition) is 4. The number of carbonyl (C=O) groups is 1. The second-order valence-electron chi connectivity index (χ2n) is 3.31. The third-order valence-electron chi connectivity index (χ3n) is 2.04.